The first-order chi connectivity index (χ1) is 7.15. The standard InChI is InChI=1S/C10H12BrNO2S/c1-15-10(4-5-10)6-12-9(13)7-2-3-8(11)14-7/h2-3H,4-6H2,1H3,(H,12,13). The highest BCUT2D eigenvalue weighted by molar-refractivity contribution is 9.10. The van der Waals surface area contributed by atoms with Gasteiger partial charge in [0.2, 0.25) is 0 Å². The van der Waals surface area contributed by atoms with Crippen molar-refractivity contribution in [1.29, 1.82) is 0 Å². The van der Waals surface area contributed by atoms with Gasteiger partial charge >= 0.3 is 0 Å². The minimum absolute atomic E-state index is 0.138. The van der Waals surface area contributed by atoms with Crippen LogP contribution in [0.4, 0.5) is 0 Å². The molecule has 1 aliphatic carbocycles. The van der Waals surface area contributed by atoms with Crippen molar-refractivity contribution < 1.29 is 9.21 Å². The fourth-order valence-corrected chi connectivity index (χ4v) is 2.39. The summed E-state index contributed by atoms with van der Waals surface area (Å²) in [4.78, 5) is 11.6. The molecule has 0 radical (unpaired) electrons. The van der Waals surface area contributed by atoms with E-state index in [1.807, 2.05) is 11.8 Å². The second kappa shape index (κ2) is 4.22. The van der Waals surface area contributed by atoms with Crippen LogP contribution in [0, 0.1) is 0 Å². The van der Waals surface area contributed by atoms with Crippen molar-refractivity contribution in [1.82, 2.24) is 5.32 Å². The average Bonchev–Trinajstić information content (AvgIpc) is 2.90. The topological polar surface area (TPSA) is 42.2 Å². The van der Waals surface area contributed by atoms with E-state index in [9.17, 15) is 4.79 Å². The Bertz CT molecular complexity index is 373. The zero-order valence-electron chi connectivity index (χ0n) is 8.38. The lowest BCUT2D eigenvalue weighted by Crippen LogP contribution is -2.31. The molecule has 1 heterocycles. The van der Waals surface area contributed by atoms with E-state index in [0.29, 0.717) is 15.2 Å². The summed E-state index contributed by atoms with van der Waals surface area (Å²) >= 11 is 4.99. The highest BCUT2D eigenvalue weighted by atomic mass is 79.9. The second-order valence-electron chi connectivity index (χ2n) is 3.67. The molecule has 1 saturated carbocycles. The Morgan fingerprint density at radius 1 is 1.67 bits per heavy atom. The van der Waals surface area contributed by atoms with Crippen LogP contribution in [0.5, 0.6) is 0 Å². The van der Waals surface area contributed by atoms with Crippen molar-refractivity contribution in [2.45, 2.75) is 17.6 Å². The molecule has 2 rings (SSSR count). The normalized spacial score (nSPS) is 17.5. The third-order valence-electron chi connectivity index (χ3n) is 2.61. The van der Waals surface area contributed by atoms with Crippen molar-refractivity contribution in [2.75, 3.05) is 12.8 Å². The number of hydrogen-bond acceptors (Lipinski definition) is 3. The number of amides is 1. The monoisotopic (exact) mass is 289 g/mol. The first-order valence-electron chi connectivity index (χ1n) is 4.74. The Balaban J connectivity index is 1.88. The van der Waals surface area contributed by atoms with E-state index in [1.54, 1.807) is 12.1 Å². The summed E-state index contributed by atoms with van der Waals surface area (Å²) < 4.78 is 6.04. The van der Waals surface area contributed by atoms with Gasteiger partial charge in [-0.05, 0) is 47.2 Å². The van der Waals surface area contributed by atoms with Crippen molar-refractivity contribution in [3.8, 4) is 0 Å². The molecule has 1 aromatic heterocycles. The fraction of sp³-hybridized carbons (Fsp3) is 0.500. The summed E-state index contributed by atoms with van der Waals surface area (Å²) in [6.45, 7) is 0.727. The highest BCUT2D eigenvalue weighted by Gasteiger charge is 2.42. The molecule has 5 heteroatoms. The molecule has 0 aromatic carbocycles. The summed E-state index contributed by atoms with van der Waals surface area (Å²) in [5.74, 6) is 0.222. The molecule has 0 bridgehead atoms. The molecule has 1 aliphatic rings. The molecule has 0 saturated heterocycles. The number of rotatable bonds is 4. The molecule has 0 unspecified atom stereocenters. The van der Waals surface area contributed by atoms with Gasteiger partial charge in [-0.3, -0.25) is 4.79 Å². The molecular weight excluding hydrogens is 278 g/mol. The van der Waals surface area contributed by atoms with Gasteiger partial charge in [0.15, 0.2) is 10.4 Å². The minimum Gasteiger partial charge on any atom is -0.444 e. The molecule has 0 aliphatic heterocycles. The summed E-state index contributed by atoms with van der Waals surface area (Å²) in [5, 5.41) is 2.89. The lowest BCUT2D eigenvalue weighted by molar-refractivity contribution is 0.0924. The van der Waals surface area contributed by atoms with Crippen molar-refractivity contribution in [2.24, 2.45) is 0 Å². The van der Waals surface area contributed by atoms with E-state index in [1.165, 1.54) is 12.8 Å². The van der Waals surface area contributed by atoms with Gasteiger partial charge in [-0.2, -0.15) is 11.8 Å². The average molecular weight is 290 g/mol. The second-order valence-corrected chi connectivity index (χ2v) is 5.73. The van der Waals surface area contributed by atoms with Gasteiger partial charge in [0.25, 0.3) is 5.91 Å². The minimum atomic E-state index is -0.138. The lowest BCUT2D eigenvalue weighted by Gasteiger charge is -2.11. The number of carbonyl (C=O) groups excluding carboxylic acids is 1. The molecule has 0 atom stereocenters. The SMILES string of the molecule is CSC1(CNC(=O)c2ccc(Br)o2)CC1. The molecule has 1 N–H and O–H groups in total. The van der Waals surface area contributed by atoms with Crippen molar-refractivity contribution in [3.05, 3.63) is 22.6 Å². The van der Waals surface area contributed by atoms with Gasteiger partial charge in [-0.25, -0.2) is 0 Å². The number of furan rings is 1. The summed E-state index contributed by atoms with van der Waals surface area (Å²) in [7, 11) is 0. The van der Waals surface area contributed by atoms with E-state index in [0.717, 1.165) is 6.54 Å². The van der Waals surface area contributed by atoms with Crippen LogP contribution in [0.3, 0.4) is 0 Å². The van der Waals surface area contributed by atoms with Crippen LogP contribution in [0.15, 0.2) is 21.2 Å². The maximum absolute atomic E-state index is 11.6. The Kier molecular flexibility index (Phi) is 3.11. The zero-order chi connectivity index (χ0) is 10.9. The van der Waals surface area contributed by atoms with Crippen LogP contribution in [-0.4, -0.2) is 23.5 Å². The van der Waals surface area contributed by atoms with Gasteiger partial charge in [0, 0.05) is 11.3 Å². The number of nitrogens with one attached hydrogen (secondary N) is 1. The van der Waals surface area contributed by atoms with Gasteiger partial charge < -0.3 is 9.73 Å². The maximum Gasteiger partial charge on any atom is 0.287 e. The summed E-state index contributed by atoms with van der Waals surface area (Å²) in [6.07, 6.45) is 4.47. The summed E-state index contributed by atoms with van der Waals surface area (Å²) in [6, 6.07) is 3.38. The largest absolute Gasteiger partial charge is 0.444 e. The fourth-order valence-electron chi connectivity index (χ4n) is 1.36. The van der Waals surface area contributed by atoms with Crippen LogP contribution in [-0.2, 0) is 0 Å². The third-order valence-corrected chi connectivity index (χ3v) is 4.45. The molecule has 3 nitrogen and oxygen atoms in total. The van der Waals surface area contributed by atoms with Gasteiger partial charge in [0.1, 0.15) is 0 Å². The first kappa shape index (κ1) is 11.1. The first-order valence-corrected chi connectivity index (χ1v) is 6.76. The molecule has 1 fully saturated rings. The van der Waals surface area contributed by atoms with E-state index in [4.69, 9.17) is 4.42 Å². The maximum atomic E-state index is 11.6. The van der Waals surface area contributed by atoms with Crippen molar-refractivity contribution in [3.63, 3.8) is 0 Å². The van der Waals surface area contributed by atoms with Gasteiger partial charge in [-0.15, -0.1) is 0 Å². The Hall–Kier alpha value is -0.420. The Morgan fingerprint density at radius 3 is 2.87 bits per heavy atom. The smallest absolute Gasteiger partial charge is 0.287 e. The van der Waals surface area contributed by atoms with Gasteiger partial charge in [0.05, 0.1) is 0 Å². The van der Waals surface area contributed by atoms with E-state index in [-0.39, 0.29) is 5.91 Å². The third kappa shape index (κ3) is 2.58. The lowest BCUT2D eigenvalue weighted by atomic mass is 10.3. The molecule has 82 valence electrons. The quantitative estimate of drug-likeness (QED) is 0.927. The number of halogens is 1. The van der Waals surface area contributed by atoms with Crippen LogP contribution >= 0.6 is 27.7 Å². The van der Waals surface area contributed by atoms with Crippen LogP contribution in [0.1, 0.15) is 23.4 Å². The number of carbonyl (C=O) groups is 1. The molecule has 15 heavy (non-hydrogen) atoms. The van der Waals surface area contributed by atoms with E-state index >= 15 is 0 Å². The number of thioether (sulfide) groups is 1. The predicted molar refractivity (Wildman–Crippen MR) is 64.2 cm³/mol. The predicted octanol–water partition coefficient (Wildman–Crippen LogP) is 2.67. The van der Waals surface area contributed by atoms with E-state index < -0.39 is 0 Å². The molecule has 1 aromatic rings. The van der Waals surface area contributed by atoms with E-state index in [2.05, 4.69) is 27.5 Å². The van der Waals surface area contributed by atoms with Crippen LogP contribution in [0.2, 0.25) is 0 Å². The van der Waals surface area contributed by atoms with Crippen LogP contribution in [0.25, 0.3) is 0 Å². The molecular formula is C10H12BrNO2S. The Labute approximate surface area is 101 Å². The molecule has 0 spiro atoms. The number of hydrogen-bond donors (Lipinski definition) is 1. The summed E-state index contributed by atoms with van der Waals surface area (Å²) in [5.41, 5.74) is 0. The highest BCUT2D eigenvalue weighted by Crippen LogP contribution is 2.46. The van der Waals surface area contributed by atoms with Crippen molar-refractivity contribution >= 4 is 33.6 Å². The van der Waals surface area contributed by atoms with Gasteiger partial charge in [-0.1, -0.05) is 0 Å². The van der Waals surface area contributed by atoms with Crippen LogP contribution < -0.4 is 5.32 Å². The Morgan fingerprint density at radius 2 is 2.40 bits per heavy atom. The molecule has 1 amide bonds. The zero-order valence-corrected chi connectivity index (χ0v) is 10.8.